The van der Waals surface area contributed by atoms with E-state index in [1.54, 1.807) is 11.8 Å². The standard InChI is InChI=1S/C17H17N3S/c1-12(2)11-21-16-9-13(3)19-17-15(10-18-20(16)17)14-7-5-4-6-8-14/h4-10H,1,11H2,2-3H3. The SMILES string of the molecule is C=C(C)CSc1cc(C)nc2c(-c3ccccc3)cnn12. The van der Waals surface area contributed by atoms with Gasteiger partial charge in [0.05, 0.1) is 6.20 Å². The van der Waals surface area contributed by atoms with Crippen molar-refractivity contribution in [2.24, 2.45) is 0 Å². The second kappa shape index (κ2) is 5.74. The molecule has 0 spiro atoms. The molecule has 0 fully saturated rings. The van der Waals surface area contributed by atoms with Gasteiger partial charge in [-0.25, -0.2) is 9.50 Å². The number of aryl methyl sites for hydroxylation is 1. The van der Waals surface area contributed by atoms with Crippen LogP contribution in [0.1, 0.15) is 12.6 Å². The fraction of sp³-hybridized carbons (Fsp3) is 0.176. The van der Waals surface area contributed by atoms with Crippen LogP contribution in [0.15, 0.2) is 59.8 Å². The topological polar surface area (TPSA) is 30.2 Å². The number of rotatable bonds is 4. The predicted molar refractivity (Wildman–Crippen MR) is 88.7 cm³/mol. The van der Waals surface area contributed by atoms with E-state index in [1.165, 1.54) is 0 Å². The number of benzene rings is 1. The molecule has 3 rings (SSSR count). The van der Waals surface area contributed by atoms with E-state index in [4.69, 9.17) is 0 Å². The van der Waals surface area contributed by atoms with Gasteiger partial charge in [0.25, 0.3) is 0 Å². The van der Waals surface area contributed by atoms with Crippen LogP contribution in [0.2, 0.25) is 0 Å². The first kappa shape index (κ1) is 13.9. The molecule has 0 atom stereocenters. The van der Waals surface area contributed by atoms with E-state index in [0.29, 0.717) is 0 Å². The lowest BCUT2D eigenvalue weighted by atomic mass is 10.1. The predicted octanol–water partition coefficient (Wildman–Crippen LogP) is 4.37. The van der Waals surface area contributed by atoms with Gasteiger partial charge >= 0.3 is 0 Å². The number of aromatic nitrogens is 3. The van der Waals surface area contributed by atoms with E-state index in [-0.39, 0.29) is 0 Å². The molecule has 2 heterocycles. The lowest BCUT2D eigenvalue weighted by Gasteiger charge is -2.06. The average Bonchev–Trinajstić information content (AvgIpc) is 2.89. The third kappa shape index (κ3) is 2.85. The van der Waals surface area contributed by atoms with Gasteiger partial charge in [0.1, 0.15) is 5.03 Å². The van der Waals surface area contributed by atoms with Gasteiger partial charge in [0.15, 0.2) is 5.65 Å². The molecule has 3 nitrogen and oxygen atoms in total. The monoisotopic (exact) mass is 295 g/mol. The Labute approximate surface area is 128 Å². The zero-order valence-electron chi connectivity index (χ0n) is 12.2. The average molecular weight is 295 g/mol. The van der Waals surface area contributed by atoms with Gasteiger partial charge in [-0.2, -0.15) is 5.10 Å². The quantitative estimate of drug-likeness (QED) is 0.406. The molecule has 3 aromatic rings. The molecule has 0 amide bonds. The largest absolute Gasteiger partial charge is 0.233 e. The zero-order valence-corrected chi connectivity index (χ0v) is 13.0. The number of hydrogen-bond donors (Lipinski definition) is 0. The maximum absolute atomic E-state index is 4.66. The van der Waals surface area contributed by atoms with Crippen molar-refractivity contribution >= 4 is 17.4 Å². The molecule has 0 bridgehead atoms. The molecule has 0 saturated heterocycles. The number of thioether (sulfide) groups is 1. The highest BCUT2D eigenvalue weighted by atomic mass is 32.2. The Kier molecular flexibility index (Phi) is 3.80. The van der Waals surface area contributed by atoms with E-state index in [2.05, 4.69) is 34.9 Å². The van der Waals surface area contributed by atoms with Gasteiger partial charge in [-0.05, 0) is 25.5 Å². The summed E-state index contributed by atoms with van der Waals surface area (Å²) in [6.07, 6.45) is 1.89. The molecule has 0 radical (unpaired) electrons. The van der Waals surface area contributed by atoms with E-state index in [0.717, 1.165) is 38.8 Å². The van der Waals surface area contributed by atoms with Crippen LogP contribution in [-0.2, 0) is 0 Å². The minimum absolute atomic E-state index is 0.888. The second-order valence-corrected chi connectivity index (χ2v) is 6.14. The van der Waals surface area contributed by atoms with Crippen LogP contribution in [0.4, 0.5) is 0 Å². The first-order valence-corrected chi connectivity index (χ1v) is 7.81. The van der Waals surface area contributed by atoms with Crippen LogP contribution >= 0.6 is 11.8 Å². The summed E-state index contributed by atoms with van der Waals surface area (Å²) in [6.45, 7) is 8.02. The van der Waals surface area contributed by atoms with Gasteiger partial charge in [-0.1, -0.05) is 42.5 Å². The molecule has 0 saturated carbocycles. The molecule has 0 aliphatic rings. The van der Waals surface area contributed by atoms with Crippen LogP contribution in [-0.4, -0.2) is 20.4 Å². The Morgan fingerprint density at radius 2 is 2.05 bits per heavy atom. The van der Waals surface area contributed by atoms with Crippen LogP contribution in [0.5, 0.6) is 0 Å². The Balaban J connectivity index is 2.12. The van der Waals surface area contributed by atoms with Crippen molar-refractivity contribution in [1.82, 2.24) is 14.6 Å². The summed E-state index contributed by atoms with van der Waals surface area (Å²) in [5.41, 5.74) is 5.27. The molecule has 0 aliphatic carbocycles. The van der Waals surface area contributed by atoms with Gasteiger partial charge in [-0.3, -0.25) is 0 Å². The third-order valence-electron chi connectivity index (χ3n) is 3.12. The summed E-state index contributed by atoms with van der Waals surface area (Å²) in [6, 6.07) is 12.3. The number of hydrogen-bond acceptors (Lipinski definition) is 3. The van der Waals surface area contributed by atoms with E-state index >= 15 is 0 Å². The van der Waals surface area contributed by atoms with Crippen molar-refractivity contribution < 1.29 is 0 Å². The molecule has 21 heavy (non-hydrogen) atoms. The first-order valence-electron chi connectivity index (χ1n) is 6.83. The lowest BCUT2D eigenvalue weighted by Crippen LogP contribution is -1.98. The zero-order chi connectivity index (χ0) is 14.8. The lowest BCUT2D eigenvalue weighted by molar-refractivity contribution is 0.835. The summed E-state index contributed by atoms with van der Waals surface area (Å²) >= 11 is 1.74. The summed E-state index contributed by atoms with van der Waals surface area (Å²) < 4.78 is 1.92. The van der Waals surface area contributed by atoms with Gasteiger partial charge in [0.2, 0.25) is 0 Å². The minimum atomic E-state index is 0.888. The van der Waals surface area contributed by atoms with Crippen molar-refractivity contribution in [2.45, 2.75) is 18.9 Å². The van der Waals surface area contributed by atoms with E-state index < -0.39 is 0 Å². The highest BCUT2D eigenvalue weighted by Crippen LogP contribution is 2.27. The molecule has 1 aromatic carbocycles. The van der Waals surface area contributed by atoms with Crippen LogP contribution in [0, 0.1) is 6.92 Å². The summed E-state index contributed by atoms with van der Waals surface area (Å²) in [5.74, 6) is 0.888. The van der Waals surface area contributed by atoms with Gasteiger partial charge in [0, 0.05) is 17.0 Å². The van der Waals surface area contributed by atoms with Crippen molar-refractivity contribution in [3.05, 3.63) is 60.4 Å². The Bertz CT molecular complexity index is 790. The Hall–Kier alpha value is -2.07. The van der Waals surface area contributed by atoms with Crippen molar-refractivity contribution in [3.8, 4) is 11.1 Å². The van der Waals surface area contributed by atoms with Crippen LogP contribution in [0.25, 0.3) is 16.8 Å². The Morgan fingerprint density at radius 1 is 1.29 bits per heavy atom. The molecule has 0 unspecified atom stereocenters. The molecule has 0 aliphatic heterocycles. The third-order valence-corrected chi connectivity index (χ3v) is 4.34. The van der Waals surface area contributed by atoms with Crippen molar-refractivity contribution in [2.75, 3.05) is 5.75 Å². The van der Waals surface area contributed by atoms with E-state index in [1.807, 2.05) is 42.8 Å². The fourth-order valence-corrected chi connectivity index (χ4v) is 3.08. The number of nitrogens with zero attached hydrogens (tertiary/aromatic N) is 3. The highest BCUT2D eigenvalue weighted by molar-refractivity contribution is 7.99. The summed E-state index contributed by atoms with van der Waals surface area (Å²) in [4.78, 5) is 4.66. The van der Waals surface area contributed by atoms with Crippen molar-refractivity contribution in [3.63, 3.8) is 0 Å². The maximum Gasteiger partial charge on any atom is 0.164 e. The molecular formula is C17H17N3S. The smallest absolute Gasteiger partial charge is 0.164 e. The minimum Gasteiger partial charge on any atom is -0.233 e. The molecular weight excluding hydrogens is 278 g/mol. The first-order chi connectivity index (χ1) is 10.1. The van der Waals surface area contributed by atoms with Crippen molar-refractivity contribution in [1.29, 1.82) is 0 Å². The molecule has 2 aromatic heterocycles. The van der Waals surface area contributed by atoms with Crippen LogP contribution < -0.4 is 0 Å². The van der Waals surface area contributed by atoms with Crippen LogP contribution in [0.3, 0.4) is 0 Å². The second-order valence-electron chi connectivity index (χ2n) is 5.14. The van der Waals surface area contributed by atoms with E-state index in [9.17, 15) is 0 Å². The number of fused-ring (bicyclic) bond motifs is 1. The normalized spacial score (nSPS) is 11.0. The van der Waals surface area contributed by atoms with Gasteiger partial charge in [-0.15, -0.1) is 11.8 Å². The highest BCUT2D eigenvalue weighted by Gasteiger charge is 2.12. The fourth-order valence-electron chi connectivity index (χ4n) is 2.17. The molecule has 4 heteroatoms. The molecule has 106 valence electrons. The maximum atomic E-state index is 4.66. The Morgan fingerprint density at radius 3 is 2.76 bits per heavy atom. The van der Waals surface area contributed by atoms with Gasteiger partial charge < -0.3 is 0 Å². The summed E-state index contributed by atoms with van der Waals surface area (Å²) in [5, 5.41) is 5.62. The summed E-state index contributed by atoms with van der Waals surface area (Å²) in [7, 11) is 0. The molecule has 0 N–H and O–H groups in total.